The highest BCUT2D eigenvalue weighted by Crippen LogP contribution is 2.13. The molecule has 4 nitrogen and oxygen atoms in total. The summed E-state index contributed by atoms with van der Waals surface area (Å²) >= 11 is 0. The molecule has 0 saturated carbocycles. The average Bonchev–Trinajstić information content (AvgIpc) is 2.56. The van der Waals surface area contributed by atoms with E-state index in [9.17, 15) is 4.79 Å². The summed E-state index contributed by atoms with van der Waals surface area (Å²) in [5, 5.41) is 1.80. The maximum absolute atomic E-state index is 12.1. The molecule has 0 aromatic rings. The van der Waals surface area contributed by atoms with Gasteiger partial charge in [-0.3, -0.25) is 10.6 Å². The van der Waals surface area contributed by atoms with E-state index in [4.69, 9.17) is 5.84 Å². The monoisotopic (exact) mass is 397 g/mol. The molecule has 2 N–H and O–H groups in total. The van der Waals surface area contributed by atoms with Crippen LogP contribution in [0, 0.1) is 0 Å². The third-order valence-corrected chi connectivity index (χ3v) is 4.91. The lowest BCUT2D eigenvalue weighted by Gasteiger charge is -2.32. The summed E-state index contributed by atoms with van der Waals surface area (Å²) in [4.78, 5) is 14.0. The van der Waals surface area contributed by atoms with Crippen molar-refractivity contribution in [2.24, 2.45) is 5.84 Å². The van der Waals surface area contributed by atoms with Crippen LogP contribution in [0.5, 0.6) is 0 Å². The second-order valence-corrected chi connectivity index (χ2v) is 7.06. The standard InChI is InChI=1S/C19H39N3O.2ClH/c1-2-3-4-5-6-7-8-9-10-11-12-13-14-19(23)21-15-17-22(20)18-16-21;;/h2-18,20H2,1H3;2*1H. The summed E-state index contributed by atoms with van der Waals surface area (Å²) in [6.07, 6.45) is 16.8. The fraction of sp³-hybridized carbons (Fsp3) is 0.947. The number of nitrogens with two attached hydrogens (primary N) is 1. The summed E-state index contributed by atoms with van der Waals surface area (Å²) in [6.45, 7) is 5.49. The summed E-state index contributed by atoms with van der Waals surface area (Å²) in [5.41, 5.74) is 0. The first-order valence-electron chi connectivity index (χ1n) is 10.0. The second-order valence-electron chi connectivity index (χ2n) is 7.06. The first-order chi connectivity index (χ1) is 11.2. The number of amides is 1. The molecule has 25 heavy (non-hydrogen) atoms. The number of rotatable bonds is 13. The van der Waals surface area contributed by atoms with Crippen molar-refractivity contribution in [3.8, 4) is 0 Å². The van der Waals surface area contributed by atoms with Crippen molar-refractivity contribution in [3.05, 3.63) is 0 Å². The zero-order valence-corrected chi connectivity index (χ0v) is 17.9. The van der Waals surface area contributed by atoms with Gasteiger partial charge >= 0.3 is 0 Å². The van der Waals surface area contributed by atoms with Crippen LogP contribution >= 0.6 is 24.8 Å². The number of hydrogen-bond acceptors (Lipinski definition) is 3. The second kappa shape index (κ2) is 18.8. The van der Waals surface area contributed by atoms with Crippen LogP contribution in [0.1, 0.15) is 90.4 Å². The fourth-order valence-electron chi connectivity index (χ4n) is 3.25. The van der Waals surface area contributed by atoms with Crippen LogP contribution in [0.2, 0.25) is 0 Å². The number of carbonyl (C=O) groups excluding carboxylic acids is 1. The van der Waals surface area contributed by atoms with Gasteiger partial charge in [-0.2, -0.15) is 0 Å². The minimum atomic E-state index is 0. The zero-order chi connectivity index (χ0) is 16.8. The van der Waals surface area contributed by atoms with Crippen LogP contribution in [0.4, 0.5) is 0 Å². The van der Waals surface area contributed by atoms with Gasteiger partial charge in [0, 0.05) is 32.6 Å². The average molecular weight is 398 g/mol. The van der Waals surface area contributed by atoms with E-state index >= 15 is 0 Å². The Labute approximate surface area is 168 Å². The van der Waals surface area contributed by atoms with Crippen LogP contribution in [-0.4, -0.2) is 42.0 Å². The van der Waals surface area contributed by atoms with Crippen LogP contribution < -0.4 is 5.84 Å². The van der Waals surface area contributed by atoms with Gasteiger partial charge in [0.1, 0.15) is 0 Å². The Bertz CT molecular complexity index is 298. The first kappa shape index (κ1) is 27.2. The third kappa shape index (κ3) is 14.8. The lowest BCUT2D eigenvalue weighted by atomic mass is 10.0. The number of carbonyl (C=O) groups is 1. The van der Waals surface area contributed by atoms with Gasteiger partial charge < -0.3 is 4.90 Å². The molecule has 0 bridgehead atoms. The van der Waals surface area contributed by atoms with E-state index in [1.807, 2.05) is 4.90 Å². The molecular weight excluding hydrogens is 357 g/mol. The van der Waals surface area contributed by atoms with Gasteiger partial charge in [0.05, 0.1) is 0 Å². The molecular formula is C19H41Cl2N3O. The highest BCUT2D eigenvalue weighted by Gasteiger charge is 2.18. The minimum absolute atomic E-state index is 0. The van der Waals surface area contributed by atoms with E-state index in [1.54, 1.807) is 5.01 Å². The number of piperazine rings is 1. The van der Waals surface area contributed by atoms with E-state index in [0.29, 0.717) is 5.91 Å². The molecule has 1 fully saturated rings. The smallest absolute Gasteiger partial charge is 0.222 e. The molecule has 0 atom stereocenters. The summed E-state index contributed by atoms with van der Waals surface area (Å²) in [5.74, 6) is 6.04. The van der Waals surface area contributed by atoms with Gasteiger partial charge in [-0.1, -0.05) is 77.6 Å². The van der Waals surface area contributed by atoms with Crippen LogP contribution in [0.3, 0.4) is 0 Å². The Balaban J connectivity index is 0. The molecule has 1 aliphatic heterocycles. The van der Waals surface area contributed by atoms with Crippen LogP contribution in [0.15, 0.2) is 0 Å². The van der Waals surface area contributed by atoms with Crippen LogP contribution in [-0.2, 0) is 4.79 Å². The molecule has 0 aromatic carbocycles. The number of hydrogen-bond donors (Lipinski definition) is 1. The molecule has 1 aliphatic rings. The number of hydrazine groups is 1. The zero-order valence-electron chi connectivity index (χ0n) is 16.2. The van der Waals surface area contributed by atoms with Crippen molar-refractivity contribution in [2.75, 3.05) is 26.2 Å². The number of nitrogens with zero attached hydrogens (tertiary/aromatic N) is 2. The number of unbranched alkanes of at least 4 members (excludes halogenated alkanes) is 11. The topological polar surface area (TPSA) is 49.6 Å². The summed E-state index contributed by atoms with van der Waals surface area (Å²) in [7, 11) is 0. The molecule has 1 saturated heterocycles. The van der Waals surface area contributed by atoms with Crippen molar-refractivity contribution >= 4 is 30.7 Å². The Kier molecular flexibility index (Phi) is 20.4. The Morgan fingerprint density at radius 3 is 1.56 bits per heavy atom. The molecule has 1 heterocycles. The molecule has 0 radical (unpaired) electrons. The van der Waals surface area contributed by atoms with Crippen molar-refractivity contribution in [2.45, 2.75) is 90.4 Å². The lowest BCUT2D eigenvalue weighted by Crippen LogP contribution is -2.51. The van der Waals surface area contributed by atoms with Crippen molar-refractivity contribution in [1.82, 2.24) is 9.91 Å². The Hall–Kier alpha value is -0.0300. The predicted octanol–water partition coefficient (Wildman–Crippen LogP) is 4.94. The Morgan fingerprint density at radius 1 is 0.720 bits per heavy atom. The molecule has 0 aromatic heterocycles. The van der Waals surface area contributed by atoms with Gasteiger partial charge in [0.15, 0.2) is 0 Å². The van der Waals surface area contributed by atoms with Crippen molar-refractivity contribution in [1.29, 1.82) is 0 Å². The third-order valence-electron chi connectivity index (χ3n) is 4.91. The summed E-state index contributed by atoms with van der Waals surface area (Å²) < 4.78 is 0. The fourth-order valence-corrected chi connectivity index (χ4v) is 3.25. The maximum atomic E-state index is 12.1. The molecule has 0 spiro atoms. The predicted molar refractivity (Wildman–Crippen MR) is 113 cm³/mol. The van der Waals surface area contributed by atoms with Gasteiger partial charge in [0.25, 0.3) is 0 Å². The van der Waals surface area contributed by atoms with E-state index in [1.165, 1.54) is 70.6 Å². The largest absolute Gasteiger partial charge is 0.340 e. The van der Waals surface area contributed by atoms with Gasteiger partial charge in [0.2, 0.25) is 5.91 Å². The molecule has 1 amide bonds. The van der Waals surface area contributed by atoms with Crippen molar-refractivity contribution in [3.63, 3.8) is 0 Å². The molecule has 1 rings (SSSR count). The first-order valence-corrected chi connectivity index (χ1v) is 10.0. The highest BCUT2D eigenvalue weighted by molar-refractivity contribution is 5.85. The lowest BCUT2D eigenvalue weighted by molar-refractivity contribution is -0.133. The molecule has 6 heteroatoms. The van der Waals surface area contributed by atoms with E-state index < -0.39 is 0 Å². The minimum Gasteiger partial charge on any atom is -0.340 e. The summed E-state index contributed by atoms with van der Waals surface area (Å²) in [6, 6.07) is 0. The Morgan fingerprint density at radius 2 is 1.12 bits per heavy atom. The van der Waals surface area contributed by atoms with Gasteiger partial charge in [-0.05, 0) is 6.42 Å². The van der Waals surface area contributed by atoms with E-state index in [-0.39, 0.29) is 24.8 Å². The van der Waals surface area contributed by atoms with E-state index in [2.05, 4.69) is 6.92 Å². The van der Waals surface area contributed by atoms with Crippen LogP contribution in [0.25, 0.3) is 0 Å². The SMILES string of the molecule is CCCCCCCCCCCCCCC(=O)N1CCN(N)CC1.Cl.Cl. The molecule has 0 aliphatic carbocycles. The normalized spacial score (nSPS) is 14.7. The highest BCUT2D eigenvalue weighted by atomic mass is 35.5. The van der Waals surface area contributed by atoms with E-state index in [0.717, 1.165) is 39.0 Å². The molecule has 152 valence electrons. The van der Waals surface area contributed by atoms with Gasteiger partial charge in [-0.15, -0.1) is 24.8 Å². The number of halogens is 2. The quantitative estimate of drug-likeness (QED) is 0.353. The maximum Gasteiger partial charge on any atom is 0.222 e. The van der Waals surface area contributed by atoms with Gasteiger partial charge in [-0.25, -0.2) is 5.01 Å². The molecule has 0 unspecified atom stereocenters. The van der Waals surface area contributed by atoms with Crippen molar-refractivity contribution < 1.29 is 4.79 Å².